The Labute approximate surface area is 128 Å². The Morgan fingerprint density at radius 1 is 1.24 bits per heavy atom. The molecule has 0 atom stereocenters. The summed E-state index contributed by atoms with van der Waals surface area (Å²) in [4.78, 5) is 0. The van der Waals surface area contributed by atoms with Crippen LogP contribution in [0.25, 0.3) is 0 Å². The number of hydrogen-bond donors (Lipinski definition) is 2. The highest BCUT2D eigenvalue weighted by Crippen LogP contribution is 2.21. The maximum atomic E-state index is 9.27. The summed E-state index contributed by atoms with van der Waals surface area (Å²) in [6.07, 6.45) is 0. The van der Waals surface area contributed by atoms with Gasteiger partial charge in [0.15, 0.2) is 0 Å². The summed E-state index contributed by atoms with van der Waals surface area (Å²) in [5.41, 5.74) is 1.22. The van der Waals surface area contributed by atoms with Crippen molar-refractivity contribution < 1.29 is 5.11 Å². The first-order valence-corrected chi connectivity index (χ1v) is 7.84. The molecular formula is C14H21N5OS. The van der Waals surface area contributed by atoms with E-state index in [1.54, 1.807) is 23.9 Å². The molecule has 0 bridgehead atoms. The SMILES string of the molecule is CC(C)(C)NCCn1nnnc1SCc1ccc(O)cc1. The van der Waals surface area contributed by atoms with E-state index in [9.17, 15) is 5.11 Å². The third kappa shape index (κ3) is 5.35. The second-order valence-electron chi connectivity index (χ2n) is 5.82. The maximum Gasteiger partial charge on any atom is 0.209 e. The van der Waals surface area contributed by atoms with E-state index in [2.05, 4.69) is 41.6 Å². The molecule has 0 radical (unpaired) electrons. The predicted molar refractivity (Wildman–Crippen MR) is 83.2 cm³/mol. The molecular weight excluding hydrogens is 286 g/mol. The lowest BCUT2D eigenvalue weighted by Gasteiger charge is -2.20. The van der Waals surface area contributed by atoms with Crippen LogP contribution in [0.1, 0.15) is 26.3 Å². The number of phenolic OH excluding ortho intramolecular Hbond substituents is 1. The Morgan fingerprint density at radius 2 is 1.95 bits per heavy atom. The van der Waals surface area contributed by atoms with Crippen molar-refractivity contribution in [2.24, 2.45) is 0 Å². The van der Waals surface area contributed by atoms with E-state index in [0.29, 0.717) is 0 Å². The van der Waals surface area contributed by atoms with Gasteiger partial charge in [-0.2, -0.15) is 0 Å². The van der Waals surface area contributed by atoms with E-state index in [0.717, 1.165) is 29.6 Å². The largest absolute Gasteiger partial charge is 0.508 e. The number of aromatic nitrogens is 4. The third-order valence-electron chi connectivity index (χ3n) is 2.78. The van der Waals surface area contributed by atoms with Crippen LogP contribution in [0.4, 0.5) is 0 Å². The van der Waals surface area contributed by atoms with Crippen molar-refractivity contribution >= 4 is 11.8 Å². The molecule has 0 aliphatic carbocycles. The van der Waals surface area contributed by atoms with Crippen molar-refractivity contribution in [3.63, 3.8) is 0 Å². The average molecular weight is 307 g/mol. The van der Waals surface area contributed by atoms with Gasteiger partial charge in [-0.05, 0) is 48.9 Å². The van der Waals surface area contributed by atoms with Gasteiger partial charge in [0.05, 0.1) is 6.54 Å². The first-order valence-electron chi connectivity index (χ1n) is 6.86. The number of nitrogens with one attached hydrogen (secondary N) is 1. The Kier molecular flexibility index (Phi) is 5.19. The van der Waals surface area contributed by atoms with Crippen molar-refractivity contribution in [1.29, 1.82) is 0 Å². The Bertz CT molecular complexity index is 561. The number of nitrogens with zero attached hydrogens (tertiary/aromatic N) is 4. The van der Waals surface area contributed by atoms with Gasteiger partial charge in [-0.1, -0.05) is 23.9 Å². The summed E-state index contributed by atoms with van der Waals surface area (Å²) in [6.45, 7) is 7.96. The number of hydrogen-bond acceptors (Lipinski definition) is 6. The van der Waals surface area contributed by atoms with Gasteiger partial charge < -0.3 is 10.4 Å². The molecule has 0 aliphatic heterocycles. The van der Waals surface area contributed by atoms with Crippen LogP contribution < -0.4 is 5.32 Å². The minimum absolute atomic E-state index is 0.0906. The van der Waals surface area contributed by atoms with Gasteiger partial charge >= 0.3 is 0 Å². The minimum atomic E-state index is 0.0906. The zero-order valence-corrected chi connectivity index (χ0v) is 13.4. The number of benzene rings is 1. The standard InChI is InChI=1S/C14H21N5OS/c1-14(2,3)15-8-9-19-13(16-17-18-19)21-10-11-4-6-12(20)7-5-11/h4-7,15,20H,8-10H2,1-3H3. The summed E-state index contributed by atoms with van der Waals surface area (Å²) in [6, 6.07) is 7.17. The first-order chi connectivity index (χ1) is 9.94. The fourth-order valence-corrected chi connectivity index (χ4v) is 2.58. The highest BCUT2D eigenvalue weighted by Gasteiger charge is 2.10. The maximum absolute atomic E-state index is 9.27. The summed E-state index contributed by atoms with van der Waals surface area (Å²) >= 11 is 1.59. The molecule has 7 heteroatoms. The smallest absolute Gasteiger partial charge is 0.209 e. The lowest BCUT2D eigenvalue weighted by molar-refractivity contribution is 0.396. The van der Waals surface area contributed by atoms with Gasteiger partial charge in [0.1, 0.15) is 5.75 Å². The van der Waals surface area contributed by atoms with Crippen LogP contribution in [0.5, 0.6) is 5.75 Å². The first kappa shape index (κ1) is 15.8. The lowest BCUT2D eigenvalue weighted by Crippen LogP contribution is -2.38. The normalized spacial score (nSPS) is 11.8. The van der Waals surface area contributed by atoms with Gasteiger partial charge in [-0.3, -0.25) is 0 Å². The molecule has 0 saturated carbocycles. The average Bonchev–Trinajstić information content (AvgIpc) is 2.84. The van der Waals surface area contributed by atoms with E-state index < -0.39 is 0 Å². The van der Waals surface area contributed by atoms with Crippen molar-refractivity contribution in [3.8, 4) is 5.75 Å². The van der Waals surface area contributed by atoms with Crippen molar-refractivity contribution in [2.75, 3.05) is 6.54 Å². The van der Waals surface area contributed by atoms with Crippen LogP contribution in [0.3, 0.4) is 0 Å². The van der Waals surface area contributed by atoms with Crippen LogP contribution in [0.2, 0.25) is 0 Å². The van der Waals surface area contributed by atoms with Gasteiger partial charge in [0, 0.05) is 17.8 Å². The van der Waals surface area contributed by atoms with Gasteiger partial charge in [0.2, 0.25) is 5.16 Å². The molecule has 0 aliphatic rings. The molecule has 0 spiro atoms. The molecule has 0 fully saturated rings. The van der Waals surface area contributed by atoms with E-state index in [4.69, 9.17) is 0 Å². The monoisotopic (exact) mass is 307 g/mol. The molecule has 1 aromatic heterocycles. The van der Waals surface area contributed by atoms with Crippen LogP contribution in [0.15, 0.2) is 29.4 Å². The van der Waals surface area contributed by atoms with Crippen LogP contribution >= 0.6 is 11.8 Å². The summed E-state index contributed by atoms with van der Waals surface area (Å²) in [5.74, 6) is 1.05. The summed E-state index contributed by atoms with van der Waals surface area (Å²) < 4.78 is 1.81. The van der Waals surface area contributed by atoms with Crippen LogP contribution in [-0.4, -0.2) is 37.4 Å². The third-order valence-corrected chi connectivity index (χ3v) is 3.81. The minimum Gasteiger partial charge on any atom is -0.508 e. The number of rotatable bonds is 6. The molecule has 6 nitrogen and oxygen atoms in total. The predicted octanol–water partition coefficient (Wildman–Crippen LogP) is 2.06. The molecule has 0 unspecified atom stereocenters. The molecule has 21 heavy (non-hydrogen) atoms. The number of tetrazole rings is 1. The number of thioether (sulfide) groups is 1. The quantitative estimate of drug-likeness (QED) is 0.796. The molecule has 0 amide bonds. The molecule has 1 heterocycles. The Balaban J connectivity index is 1.86. The highest BCUT2D eigenvalue weighted by molar-refractivity contribution is 7.98. The molecule has 2 aromatic rings. The van der Waals surface area contributed by atoms with Crippen molar-refractivity contribution in [2.45, 2.75) is 43.8 Å². The molecule has 114 valence electrons. The van der Waals surface area contributed by atoms with Gasteiger partial charge in [-0.25, -0.2) is 4.68 Å². The fourth-order valence-electron chi connectivity index (χ4n) is 1.72. The Morgan fingerprint density at radius 3 is 2.62 bits per heavy atom. The summed E-state index contributed by atoms with van der Waals surface area (Å²) in [5, 5.41) is 25.3. The van der Waals surface area contributed by atoms with Gasteiger partial charge in [0.25, 0.3) is 0 Å². The van der Waals surface area contributed by atoms with E-state index in [1.807, 2.05) is 16.8 Å². The zero-order valence-electron chi connectivity index (χ0n) is 12.6. The Hall–Kier alpha value is -1.60. The molecule has 1 aromatic carbocycles. The van der Waals surface area contributed by atoms with E-state index in [-0.39, 0.29) is 11.3 Å². The van der Waals surface area contributed by atoms with Crippen molar-refractivity contribution in [3.05, 3.63) is 29.8 Å². The van der Waals surface area contributed by atoms with Crippen LogP contribution in [-0.2, 0) is 12.3 Å². The topological polar surface area (TPSA) is 75.9 Å². The molecule has 0 saturated heterocycles. The fraction of sp³-hybridized carbons (Fsp3) is 0.500. The highest BCUT2D eigenvalue weighted by atomic mass is 32.2. The molecule has 2 N–H and O–H groups in total. The second kappa shape index (κ2) is 6.91. The van der Waals surface area contributed by atoms with Gasteiger partial charge in [-0.15, -0.1) is 5.10 Å². The lowest BCUT2D eigenvalue weighted by atomic mass is 10.1. The van der Waals surface area contributed by atoms with Crippen LogP contribution in [0, 0.1) is 0 Å². The van der Waals surface area contributed by atoms with E-state index >= 15 is 0 Å². The number of phenols is 1. The number of aromatic hydroxyl groups is 1. The second-order valence-corrected chi connectivity index (χ2v) is 6.76. The van der Waals surface area contributed by atoms with Crippen molar-refractivity contribution in [1.82, 2.24) is 25.5 Å². The zero-order chi connectivity index (χ0) is 15.3. The summed E-state index contributed by atoms with van der Waals surface area (Å²) in [7, 11) is 0. The van der Waals surface area contributed by atoms with E-state index in [1.165, 1.54) is 0 Å². The molecule has 2 rings (SSSR count).